The van der Waals surface area contributed by atoms with E-state index in [4.69, 9.17) is 9.84 Å². The normalized spacial score (nSPS) is 21.3. The Kier molecular flexibility index (Phi) is 3.57. The van der Waals surface area contributed by atoms with Gasteiger partial charge in [0.15, 0.2) is 11.6 Å². The van der Waals surface area contributed by atoms with E-state index < -0.39 is 35.6 Å². The Morgan fingerprint density at radius 2 is 1.86 bits per heavy atom. The highest BCUT2D eigenvalue weighted by Crippen LogP contribution is 2.32. The lowest BCUT2D eigenvalue weighted by Crippen LogP contribution is -2.28. The number of halogens is 2. The average molecular weight is 314 g/mol. The first-order chi connectivity index (χ1) is 10.5. The Labute approximate surface area is 123 Å². The second kappa shape index (κ2) is 5.41. The zero-order chi connectivity index (χ0) is 15.9. The molecule has 2 amide bonds. The summed E-state index contributed by atoms with van der Waals surface area (Å²) in [4.78, 5) is 24.9. The van der Waals surface area contributed by atoms with Crippen LogP contribution >= 0.6 is 0 Å². The third-order valence-corrected chi connectivity index (χ3v) is 3.42. The van der Waals surface area contributed by atoms with Gasteiger partial charge in [-0.3, -0.25) is 9.80 Å². The van der Waals surface area contributed by atoms with E-state index in [2.05, 4.69) is 4.74 Å². The molecule has 2 aliphatic rings. The number of benzene rings is 1. The number of carbonyl (C=O) groups excluding carboxylic acids is 2. The quantitative estimate of drug-likeness (QED) is 0.908. The number of ether oxygens (including phenoxy) is 2. The van der Waals surface area contributed by atoms with Crippen LogP contribution in [0.5, 0.6) is 0 Å². The molecule has 2 saturated heterocycles. The van der Waals surface area contributed by atoms with Crippen LogP contribution in [0.4, 0.5) is 29.7 Å². The maximum absolute atomic E-state index is 14.2. The Hall–Kier alpha value is -2.42. The standard InChI is InChI=1S/C13H12F2N2O5/c14-9-3-7(17-5-8(6-18)22-13(17)20)4-10(15)11(9)16-1-2-21-12(16)19/h3-4,8,18H,1-2,5-6H2/t8-/m1/s1. The van der Waals surface area contributed by atoms with E-state index in [1.807, 2.05) is 0 Å². The minimum absolute atomic E-state index is 0.0146. The number of anilines is 2. The number of aliphatic hydroxyl groups excluding tert-OH is 1. The Morgan fingerprint density at radius 1 is 1.18 bits per heavy atom. The van der Waals surface area contributed by atoms with Gasteiger partial charge in [-0.05, 0) is 0 Å². The van der Waals surface area contributed by atoms with Gasteiger partial charge in [0.2, 0.25) is 0 Å². The van der Waals surface area contributed by atoms with E-state index >= 15 is 0 Å². The number of cyclic esters (lactones) is 2. The van der Waals surface area contributed by atoms with Crippen LogP contribution in [0.15, 0.2) is 12.1 Å². The second-order valence-electron chi connectivity index (χ2n) is 4.82. The highest BCUT2D eigenvalue weighted by molar-refractivity contribution is 5.92. The first-order valence-electron chi connectivity index (χ1n) is 6.53. The first-order valence-corrected chi connectivity index (χ1v) is 6.53. The summed E-state index contributed by atoms with van der Waals surface area (Å²) in [6, 6.07) is 1.87. The molecule has 1 atom stereocenters. The fourth-order valence-electron chi connectivity index (χ4n) is 2.39. The van der Waals surface area contributed by atoms with Crippen molar-refractivity contribution in [1.82, 2.24) is 0 Å². The summed E-state index contributed by atoms with van der Waals surface area (Å²) in [5.74, 6) is -1.98. The van der Waals surface area contributed by atoms with Crippen molar-refractivity contribution in [3.63, 3.8) is 0 Å². The van der Waals surface area contributed by atoms with Gasteiger partial charge in [0, 0.05) is 12.1 Å². The van der Waals surface area contributed by atoms with Crippen molar-refractivity contribution in [2.75, 3.05) is 36.1 Å². The second-order valence-corrected chi connectivity index (χ2v) is 4.82. The van der Waals surface area contributed by atoms with E-state index in [0.717, 1.165) is 21.9 Å². The number of aliphatic hydroxyl groups is 1. The smallest absolute Gasteiger partial charge is 0.414 e. The van der Waals surface area contributed by atoms with Crippen LogP contribution in [0.3, 0.4) is 0 Å². The van der Waals surface area contributed by atoms with Crippen LogP contribution in [0, 0.1) is 11.6 Å². The van der Waals surface area contributed by atoms with Gasteiger partial charge < -0.3 is 14.6 Å². The maximum Gasteiger partial charge on any atom is 0.414 e. The fraction of sp³-hybridized carbons (Fsp3) is 0.385. The molecule has 0 spiro atoms. The molecule has 0 bridgehead atoms. The molecule has 118 valence electrons. The molecule has 0 aromatic heterocycles. The highest BCUT2D eigenvalue weighted by atomic mass is 19.1. The molecule has 1 N–H and O–H groups in total. The van der Waals surface area contributed by atoms with E-state index in [1.165, 1.54) is 0 Å². The zero-order valence-corrected chi connectivity index (χ0v) is 11.3. The molecular formula is C13H12F2N2O5. The maximum atomic E-state index is 14.2. The topological polar surface area (TPSA) is 79.3 Å². The summed E-state index contributed by atoms with van der Waals surface area (Å²) in [5, 5.41) is 8.96. The largest absolute Gasteiger partial charge is 0.447 e. The number of hydrogen-bond acceptors (Lipinski definition) is 5. The molecule has 9 heteroatoms. The first kappa shape index (κ1) is 14.5. The molecule has 7 nitrogen and oxygen atoms in total. The van der Waals surface area contributed by atoms with E-state index in [0.29, 0.717) is 0 Å². The van der Waals surface area contributed by atoms with Gasteiger partial charge in [-0.2, -0.15) is 0 Å². The molecule has 0 radical (unpaired) electrons. The van der Waals surface area contributed by atoms with Crippen molar-refractivity contribution < 1.29 is 33.0 Å². The summed E-state index contributed by atoms with van der Waals surface area (Å²) in [6.07, 6.45) is -2.37. The van der Waals surface area contributed by atoms with Crippen LogP contribution in [-0.4, -0.2) is 49.7 Å². The Balaban J connectivity index is 1.93. The molecule has 22 heavy (non-hydrogen) atoms. The molecule has 0 aliphatic carbocycles. The van der Waals surface area contributed by atoms with Gasteiger partial charge in [0.1, 0.15) is 18.4 Å². The lowest BCUT2D eigenvalue weighted by Gasteiger charge is -2.18. The molecule has 0 unspecified atom stereocenters. The molecule has 3 rings (SSSR count). The van der Waals surface area contributed by atoms with Crippen molar-refractivity contribution in [2.24, 2.45) is 0 Å². The van der Waals surface area contributed by atoms with Crippen LogP contribution in [0.2, 0.25) is 0 Å². The van der Waals surface area contributed by atoms with Gasteiger partial charge in [0.05, 0.1) is 25.4 Å². The molecule has 2 heterocycles. The molecule has 2 fully saturated rings. The van der Waals surface area contributed by atoms with E-state index in [1.54, 1.807) is 0 Å². The zero-order valence-electron chi connectivity index (χ0n) is 11.3. The van der Waals surface area contributed by atoms with Crippen LogP contribution in [-0.2, 0) is 9.47 Å². The van der Waals surface area contributed by atoms with Crippen LogP contribution < -0.4 is 9.80 Å². The van der Waals surface area contributed by atoms with Crippen molar-refractivity contribution in [2.45, 2.75) is 6.10 Å². The summed E-state index contributed by atoms with van der Waals surface area (Å²) in [5.41, 5.74) is -0.565. The van der Waals surface area contributed by atoms with Gasteiger partial charge in [-0.1, -0.05) is 0 Å². The van der Waals surface area contributed by atoms with Gasteiger partial charge in [-0.25, -0.2) is 18.4 Å². The summed E-state index contributed by atoms with van der Waals surface area (Å²) in [6.45, 7) is -0.301. The number of hydrogen-bond donors (Lipinski definition) is 1. The molecule has 1 aromatic rings. The molecule has 2 aliphatic heterocycles. The van der Waals surface area contributed by atoms with Crippen LogP contribution in [0.25, 0.3) is 0 Å². The number of nitrogens with zero attached hydrogens (tertiary/aromatic N) is 2. The summed E-state index contributed by atoms with van der Waals surface area (Å²) < 4.78 is 37.8. The third-order valence-electron chi connectivity index (χ3n) is 3.42. The number of carbonyl (C=O) groups is 2. The predicted octanol–water partition coefficient (Wildman–Crippen LogP) is 1.24. The van der Waals surface area contributed by atoms with Crippen molar-refractivity contribution in [1.29, 1.82) is 0 Å². The highest BCUT2D eigenvalue weighted by Gasteiger charge is 2.34. The van der Waals surface area contributed by atoms with Gasteiger partial charge >= 0.3 is 12.2 Å². The number of amides is 2. The third kappa shape index (κ3) is 2.33. The fourth-order valence-corrected chi connectivity index (χ4v) is 2.39. The Bertz CT molecular complexity index is 616. The van der Waals surface area contributed by atoms with Crippen LogP contribution in [0.1, 0.15) is 0 Å². The van der Waals surface area contributed by atoms with Crippen molar-refractivity contribution in [3.8, 4) is 0 Å². The SMILES string of the molecule is O=C1O[C@@H](CO)CN1c1cc(F)c(N2CCOC2=O)c(F)c1. The summed E-state index contributed by atoms with van der Waals surface area (Å²) in [7, 11) is 0. The lowest BCUT2D eigenvalue weighted by atomic mass is 10.2. The molecule has 1 aromatic carbocycles. The lowest BCUT2D eigenvalue weighted by molar-refractivity contribution is 0.0963. The monoisotopic (exact) mass is 314 g/mol. The van der Waals surface area contributed by atoms with E-state index in [9.17, 15) is 18.4 Å². The van der Waals surface area contributed by atoms with Crippen molar-refractivity contribution >= 4 is 23.6 Å². The minimum Gasteiger partial charge on any atom is -0.447 e. The van der Waals surface area contributed by atoms with E-state index in [-0.39, 0.29) is 32.0 Å². The average Bonchev–Trinajstić information content (AvgIpc) is 3.04. The van der Waals surface area contributed by atoms with Crippen molar-refractivity contribution in [3.05, 3.63) is 23.8 Å². The van der Waals surface area contributed by atoms with Gasteiger partial charge in [-0.15, -0.1) is 0 Å². The summed E-state index contributed by atoms with van der Waals surface area (Å²) >= 11 is 0. The number of rotatable bonds is 3. The van der Waals surface area contributed by atoms with Gasteiger partial charge in [0.25, 0.3) is 0 Å². The molecule has 0 saturated carbocycles. The minimum atomic E-state index is -0.992. The molecular weight excluding hydrogens is 302 g/mol. The Morgan fingerprint density at radius 3 is 2.36 bits per heavy atom. The predicted molar refractivity (Wildman–Crippen MR) is 69.8 cm³/mol.